The number of methoxy groups -OCH3 is 3. The van der Waals surface area contributed by atoms with Crippen LogP contribution in [0, 0.1) is 0 Å². The van der Waals surface area contributed by atoms with Gasteiger partial charge in [0.05, 0.1) is 25.8 Å². The van der Waals surface area contributed by atoms with Gasteiger partial charge in [0, 0.05) is 36.3 Å². The van der Waals surface area contributed by atoms with Crippen LogP contribution in [-0.2, 0) is 0 Å². The number of amides is 1. The zero-order valence-electron chi connectivity index (χ0n) is 13.7. The lowest BCUT2D eigenvalue weighted by molar-refractivity contribution is 0.102. The fourth-order valence-electron chi connectivity index (χ4n) is 2.31. The van der Waals surface area contributed by atoms with Crippen LogP contribution in [0.4, 0.5) is 5.69 Å². The summed E-state index contributed by atoms with van der Waals surface area (Å²) in [4.78, 5) is 16.7. The maximum Gasteiger partial charge on any atom is 0.276 e. The number of rotatable bonds is 5. The number of aromatic nitrogens is 3. The normalized spacial score (nSPS) is 10.6. The lowest BCUT2D eigenvalue weighted by atomic mass is 10.2. The Bertz CT molecular complexity index is 916. The van der Waals surface area contributed by atoms with Crippen molar-refractivity contribution in [3.63, 3.8) is 0 Å². The smallest absolute Gasteiger partial charge is 0.276 e. The highest BCUT2D eigenvalue weighted by Crippen LogP contribution is 2.40. The highest BCUT2D eigenvalue weighted by molar-refractivity contribution is 9.10. The third-order valence-electron chi connectivity index (χ3n) is 3.44. The third-order valence-corrected chi connectivity index (χ3v) is 3.85. The SMILES string of the molecule is COc1cc(NC(=O)c2cc3ncc(Br)cn3n2)cc(OC)c1OC. The molecule has 0 aliphatic rings. The fraction of sp³-hybridized carbons (Fsp3) is 0.188. The van der Waals surface area contributed by atoms with E-state index in [0.717, 1.165) is 4.47 Å². The van der Waals surface area contributed by atoms with Crippen molar-refractivity contribution in [2.24, 2.45) is 0 Å². The first-order chi connectivity index (χ1) is 12.0. The quantitative estimate of drug-likeness (QED) is 0.700. The van der Waals surface area contributed by atoms with Gasteiger partial charge in [-0.2, -0.15) is 5.10 Å². The van der Waals surface area contributed by atoms with E-state index in [4.69, 9.17) is 14.2 Å². The molecule has 0 unspecified atom stereocenters. The zero-order chi connectivity index (χ0) is 18.0. The monoisotopic (exact) mass is 406 g/mol. The van der Waals surface area contributed by atoms with Gasteiger partial charge in [-0.05, 0) is 15.9 Å². The second kappa shape index (κ2) is 6.98. The van der Waals surface area contributed by atoms with E-state index in [1.165, 1.54) is 25.8 Å². The summed E-state index contributed by atoms with van der Waals surface area (Å²) in [5.41, 5.74) is 1.29. The standard InChI is InChI=1S/C16H15BrN4O4/c1-23-12-4-10(5-13(24-2)15(12)25-3)19-16(22)11-6-14-18-7-9(17)8-21(14)20-11/h4-8H,1-3H3,(H,19,22). The van der Waals surface area contributed by atoms with Crippen LogP contribution in [0.2, 0.25) is 0 Å². The lowest BCUT2D eigenvalue weighted by Crippen LogP contribution is -2.13. The molecule has 2 aromatic heterocycles. The van der Waals surface area contributed by atoms with Gasteiger partial charge >= 0.3 is 0 Å². The van der Waals surface area contributed by atoms with E-state index in [2.05, 4.69) is 31.3 Å². The Morgan fingerprint density at radius 2 is 1.80 bits per heavy atom. The van der Waals surface area contributed by atoms with E-state index in [1.54, 1.807) is 30.6 Å². The number of halogens is 1. The van der Waals surface area contributed by atoms with E-state index in [0.29, 0.717) is 28.6 Å². The maximum absolute atomic E-state index is 12.5. The number of hydrogen-bond donors (Lipinski definition) is 1. The molecule has 0 atom stereocenters. The first-order valence-electron chi connectivity index (χ1n) is 7.18. The van der Waals surface area contributed by atoms with Crippen molar-refractivity contribution in [1.82, 2.24) is 14.6 Å². The predicted octanol–water partition coefficient (Wildman–Crippen LogP) is 2.77. The minimum atomic E-state index is -0.379. The van der Waals surface area contributed by atoms with Crippen molar-refractivity contribution >= 4 is 33.2 Å². The van der Waals surface area contributed by atoms with E-state index in [9.17, 15) is 4.79 Å². The van der Waals surface area contributed by atoms with E-state index in [1.807, 2.05) is 0 Å². The number of hydrogen-bond acceptors (Lipinski definition) is 6. The molecule has 3 aromatic rings. The largest absolute Gasteiger partial charge is 0.493 e. The van der Waals surface area contributed by atoms with Crippen LogP contribution in [0.5, 0.6) is 17.2 Å². The molecular weight excluding hydrogens is 392 g/mol. The minimum absolute atomic E-state index is 0.236. The van der Waals surface area contributed by atoms with Gasteiger partial charge in [0.25, 0.3) is 5.91 Å². The molecule has 0 bridgehead atoms. The van der Waals surface area contributed by atoms with Crippen LogP contribution in [0.25, 0.3) is 5.65 Å². The van der Waals surface area contributed by atoms with Gasteiger partial charge < -0.3 is 19.5 Å². The highest BCUT2D eigenvalue weighted by Gasteiger charge is 2.17. The van der Waals surface area contributed by atoms with Crippen molar-refractivity contribution in [2.45, 2.75) is 0 Å². The average Bonchev–Trinajstić information content (AvgIpc) is 3.04. The minimum Gasteiger partial charge on any atom is -0.493 e. The molecule has 8 nitrogen and oxygen atoms in total. The first-order valence-corrected chi connectivity index (χ1v) is 7.97. The fourth-order valence-corrected chi connectivity index (χ4v) is 2.61. The van der Waals surface area contributed by atoms with Crippen LogP contribution in [-0.4, -0.2) is 41.8 Å². The Morgan fingerprint density at radius 3 is 2.40 bits per heavy atom. The topological polar surface area (TPSA) is 87.0 Å². The van der Waals surface area contributed by atoms with Crippen molar-refractivity contribution < 1.29 is 19.0 Å². The molecule has 1 amide bonds. The predicted molar refractivity (Wildman–Crippen MR) is 94.7 cm³/mol. The molecule has 9 heteroatoms. The molecule has 3 rings (SSSR count). The number of ether oxygens (including phenoxy) is 3. The molecule has 130 valence electrons. The number of benzene rings is 1. The van der Waals surface area contributed by atoms with Crippen LogP contribution >= 0.6 is 15.9 Å². The Labute approximate surface area is 151 Å². The molecule has 0 saturated heterocycles. The van der Waals surface area contributed by atoms with Crippen molar-refractivity contribution in [1.29, 1.82) is 0 Å². The first kappa shape index (κ1) is 17.0. The van der Waals surface area contributed by atoms with Crippen molar-refractivity contribution in [3.05, 3.63) is 40.8 Å². The van der Waals surface area contributed by atoms with Crippen LogP contribution < -0.4 is 19.5 Å². The molecule has 1 N–H and O–H groups in total. The molecule has 0 saturated carbocycles. The number of fused-ring (bicyclic) bond motifs is 1. The average molecular weight is 407 g/mol. The summed E-state index contributed by atoms with van der Waals surface area (Å²) in [6, 6.07) is 4.88. The van der Waals surface area contributed by atoms with E-state index in [-0.39, 0.29) is 11.6 Å². The number of carbonyl (C=O) groups excluding carboxylic acids is 1. The number of nitrogens with zero attached hydrogens (tertiary/aromatic N) is 3. The molecule has 0 radical (unpaired) electrons. The summed E-state index contributed by atoms with van der Waals surface area (Å²) < 4.78 is 18.1. The molecule has 0 fully saturated rings. The Kier molecular flexibility index (Phi) is 4.75. The van der Waals surface area contributed by atoms with E-state index < -0.39 is 0 Å². The number of carbonyl (C=O) groups is 1. The molecule has 0 aliphatic carbocycles. The van der Waals surface area contributed by atoms with Gasteiger partial charge in [-0.3, -0.25) is 4.79 Å². The van der Waals surface area contributed by atoms with Crippen LogP contribution in [0.1, 0.15) is 10.5 Å². The zero-order valence-corrected chi connectivity index (χ0v) is 15.3. The number of anilines is 1. The molecule has 2 heterocycles. The lowest BCUT2D eigenvalue weighted by Gasteiger charge is -2.14. The molecule has 0 spiro atoms. The molecule has 0 aliphatic heterocycles. The Balaban J connectivity index is 1.91. The highest BCUT2D eigenvalue weighted by atomic mass is 79.9. The Morgan fingerprint density at radius 1 is 1.12 bits per heavy atom. The van der Waals surface area contributed by atoms with Crippen molar-refractivity contribution in [2.75, 3.05) is 26.6 Å². The van der Waals surface area contributed by atoms with Gasteiger partial charge in [0.2, 0.25) is 5.75 Å². The second-order valence-electron chi connectivity index (χ2n) is 4.97. The molecular formula is C16H15BrN4O4. The van der Waals surface area contributed by atoms with Crippen LogP contribution in [0.15, 0.2) is 35.1 Å². The summed E-state index contributed by atoms with van der Waals surface area (Å²) in [5, 5.41) is 6.98. The van der Waals surface area contributed by atoms with Gasteiger partial charge in [0.1, 0.15) is 0 Å². The van der Waals surface area contributed by atoms with Gasteiger partial charge in [-0.25, -0.2) is 9.50 Å². The van der Waals surface area contributed by atoms with Crippen molar-refractivity contribution in [3.8, 4) is 17.2 Å². The summed E-state index contributed by atoms with van der Waals surface area (Å²) in [7, 11) is 4.53. The number of nitrogens with one attached hydrogen (secondary N) is 1. The summed E-state index contributed by atoms with van der Waals surface area (Å²) in [5.74, 6) is 0.955. The summed E-state index contributed by atoms with van der Waals surface area (Å²) in [6.07, 6.45) is 3.36. The Hall–Kier alpha value is -2.81. The van der Waals surface area contributed by atoms with Gasteiger partial charge in [-0.15, -0.1) is 0 Å². The van der Waals surface area contributed by atoms with Gasteiger partial charge in [0.15, 0.2) is 22.8 Å². The molecule has 1 aromatic carbocycles. The van der Waals surface area contributed by atoms with E-state index >= 15 is 0 Å². The molecule has 25 heavy (non-hydrogen) atoms. The maximum atomic E-state index is 12.5. The van der Waals surface area contributed by atoms with Gasteiger partial charge in [-0.1, -0.05) is 0 Å². The van der Waals surface area contributed by atoms with Crippen LogP contribution in [0.3, 0.4) is 0 Å². The summed E-state index contributed by atoms with van der Waals surface area (Å²) >= 11 is 3.31. The summed E-state index contributed by atoms with van der Waals surface area (Å²) in [6.45, 7) is 0. The third kappa shape index (κ3) is 3.36. The second-order valence-corrected chi connectivity index (χ2v) is 5.89.